The SMILES string of the molecule is CCc1ccc(OCCCNC2CC2)c(OC)c1. The van der Waals surface area contributed by atoms with Gasteiger partial charge in [-0.3, -0.25) is 0 Å². The van der Waals surface area contributed by atoms with E-state index in [0.717, 1.165) is 43.5 Å². The summed E-state index contributed by atoms with van der Waals surface area (Å²) in [5.74, 6) is 1.69. The molecule has 18 heavy (non-hydrogen) atoms. The van der Waals surface area contributed by atoms with Crippen LogP contribution in [0.2, 0.25) is 0 Å². The first-order valence-electron chi connectivity index (χ1n) is 6.86. The van der Waals surface area contributed by atoms with Crippen LogP contribution in [0.4, 0.5) is 0 Å². The summed E-state index contributed by atoms with van der Waals surface area (Å²) in [7, 11) is 1.69. The maximum absolute atomic E-state index is 5.76. The molecule has 0 atom stereocenters. The minimum Gasteiger partial charge on any atom is -0.493 e. The predicted molar refractivity (Wildman–Crippen MR) is 73.5 cm³/mol. The van der Waals surface area contributed by atoms with Gasteiger partial charge in [0.2, 0.25) is 0 Å². The maximum atomic E-state index is 5.76. The van der Waals surface area contributed by atoms with Gasteiger partial charge in [-0.25, -0.2) is 0 Å². The normalized spacial score (nSPS) is 14.6. The second kappa shape index (κ2) is 6.64. The first-order valence-corrected chi connectivity index (χ1v) is 6.86. The molecule has 100 valence electrons. The Morgan fingerprint density at radius 1 is 1.28 bits per heavy atom. The van der Waals surface area contributed by atoms with Crippen molar-refractivity contribution in [3.63, 3.8) is 0 Å². The van der Waals surface area contributed by atoms with E-state index in [1.807, 2.05) is 6.07 Å². The standard InChI is InChI=1S/C15H23NO2/c1-3-12-5-8-14(15(11-12)17-2)18-10-4-9-16-13-6-7-13/h5,8,11,13,16H,3-4,6-7,9-10H2,1-2H3. The summed E-state index contributed by atoms with van der Waals surface area (Å²) >= 11 is 0. The van der Waals surface area contributed by atoms with Crippen LogP contribution >= 0.6 is 0 Å². The topological polar surface area (TPSA) is 30.5 Å². The van der Waals surface area contributed by atoms with Gasteiger partial charge in [0.15, 0.2) is 11.5 Å². The molecule has 1 N–H and O–H groups in total. The van der Waals surface area contributed by atoms with Crippen molar-refractivity contribution in [2.75, 3.05) is 20.3 Å². The summed E-state index contributed by atoms with van der Waals surface area (Å²) in [5.41, 5.74) is 1.27. The van der Waals surface area contributed by atoms with Crippen molar-refractivity contribution in [3.8, 4) is 11.5 Å². The summed E-state index contributed by atoms with van der Waals surface area (Å²) in [6.07, 6.45) is 4.73. The van der Waals surface area contributed by atoms with Crippen molar-refractivity contribution in [1.82, 2.24) is 5.32 Å². The van der Waals surface area contributed by atoms with Crippen LogP contribution in [-0.2, 0) is 6.42 Å². The van der Waals surface area contributed by atoms with Crippen molar-refractivity contribution in [3.05, 3.63) is 23.8 Å². The highest BCUT2D eigenvalue weighted by molar-refractivity contribution is 5.42. The summed E-state index contributed by atoms with van der Waals surface area (Å²) < 4.78 is 11.1. The highest BCUT2D eigenvalue weighted by atomic mass is 16.5. The second-order valence-corrected chi connectivity index (χ2v) is 4.77. The summed E-state index contributed by atoms with van der Waals surface area (Å²) in [6, 6.07) is 6.94. The molecule has 1 saturated carbocycles. The van der Waals surface area contributed by atoms with E-state index in [-0.39, 0.29) is 0 Å². The van der Waals surface area contributed by atoms with Gasteiger partial charge in [0, 0.05) is 6.04 Å². The van der Waals surface area contributed by atoms with Gasteiger partial charge in [0.25, 0.3) is 0 Å². The molecule has 1 aliphatic rings. The van der Waals surface area contributed by atoms with E-state index in [2.05, 4.69) is 24.4 Å². The van der Waals surface area contributed by atoms with E-state index in [0.29, 0.717) is 0 Å². The van der Waals surface area contributed by atoms with E-state index in [4.69, 9.17) is 9.47 Å². The molecule has 3 heteroatoms. The van der Waals surface area contributed by atoms with Crippen LogP contribution < -0.4 is 14.8 Å². The molecule has 1 aromatic carbocycles. The Labute approximate surface area is 109 Å². The maximum Gasteiger partial charge on any atom is 0.161 e. The molecule has 0 heterocycles. The number of hydrogen-bond acceptors (Lipinski definition) is 3. The smallest absolute Gasteiger partial charge is 0.161 e. The monoisotopic (exact) mass is 249 g/mol. The number of aryl methyl sites for hydroxylation is 1. The van der Waals surface area contributed by atoms with Gasteiger partial charge in [-0.1, -0.05) is 13.0 Å². The Morgan fingerprint density at radius 2 is 2.11 bits per heavy atom. The molecular weight excluding hydrogens is 226 g/mol. The highest BCUT2D eigenvalue weighted by Crippen LogP contribution is 2.28. The molecule has 0 amide bonds. The zero-order valence-electron chi connectivity index (χ0n) is 11.4. The molecule has 1 aliphatic carbocycles. The Morgan fingerprint density at radius 3 is 2.78 bits per heavy atom. The van der Waals surface area contributed by atoms with Crippen LogP contribution in [0.3, 0.4) is 0 Å². The van der Waals surface area contributed by atoms with E-state index in [9.17, 15) is 0 Å². The van der Waals surface area contributed by atoms with E-state index in [1.54, 1.807) is 7.11 Å². The number of methoxy groups -OCH3 is 1. The zero-order valence-corrected chi connectivity index (χ0v) is 11.4. The summed E-state index contributed by atoms with van der Waals surface area (Å²) in [6.45, 7) is 3.92. The van der Waals surface area contributed by atoms with Gasteiger partial charge in [-0.2, -0.15) is 0 Å². The Balaban J connectivity index is 1.76. The number of benzene rings is 1. The van der Waals surface area contributed by atoms with Gasteiger partial charge in [0.1, 0.15) is 0 Å². The number of hydrogen-bond donors (Lipinski definition) is 1. The third-order valence-corrected chi connectivity index (χ3v) is 3.23. The Hall–Kier alpha value is -1.22. The van der Waals surface area contributed by atoms with Crippen LogP contribution in [0, 0.1) is 0 Å². The number of rotatable bonds is 8. The second-order valence-electron chi connectivity index (χ2n) is 4.77. The zero-order chi connectivity index (χ0) is 12.8. The largest absolute Gasteiger partial charge is 0.493 e. The van der Waals surface area contributed by atoms with Crippen LogP contribution in [0.5, 0.6) is 11.5 Å². The number of ether oxygens (including phenoxy) is 2. The molecule has 1 fully saturated rings. The van der Waals surface area contributed by atoms with Crippen molar-refractivity contribution in [1.29, 1.82) is 0 Å². The molecule has 0 unspecified atom stereocenters. The van der Waals surface area contributed by atoms with E-state index in [1.165, 1.54) is 18.4 Å². The fraction of sp³-hybridized carbons (Fsp3) is 0.600. The molecule has 0 spiro atoms. The lowest BCUT2D eigenvalue weighted by molar-refractivity contribution is 0.287. The van der Waals surface area contributed by atoms with E-state index < -0.39 is 0 Å². The van der Waals surface area contributed by atoms with Gasteiger partial charge >= 0.3 is 0 Å². The van der Waals surface area contributed by atoms with Crippen LogP contribution in [-0.4, -0.2) is 26.3 Å². The van der Waals surface area contributed by atoms with Gasteiger partial charge < -0.3 is 14.8 Å². The molecule has 0 radical (unpaired) electrons. The predicted octanol–water partition coefficient (Wildman–Crippen LogP) is 2.78. The minimum absolute atomic E-state index is 0.738. The fourth-order valence-corrected chi connectivity index (χ4v) is 1.90. The van der Waals surface area contributed by atoms with Crippen molar-refractivity contribution in [2.45, 2.75) is 38.6 Å². The lowest BCUT2D eigenvalue weighted by Crippen LogP contribution is -2.19. The number of nitrogens with one attached hydrogen (secondary N) is 1. The Kier molecular flexibility index (Phi) is 4.88. The van der Waals surface area contributed by atoms with Crippen LogP contribution in [0.25, 0.3) is 0 Å². The van der Waals surface area contributed by atoms with Gasteiger partial charge in [-0.05, 0) is 49.9 Å². The lowest BCUT2D eigenvalue weighted by atomic mass is 10.1. The van der Waals surface area contributed by atoms with Crippen molar-refractivity contribution < 1.29 is 9.47 Å². The minimum atomic E-state index is 0.738. The average Bonchev–Trinajstić information content (AvgIpc) is 3.22. The summed E-state index contributed by atoms with van der Waals surface area (Å²) in [5, 5.41) is 3.48. The molecule has 2 rings (SSSR count). The average molecular weight is 249 g/mol. The third-order valence-electron chi connectivity index (χ3n) is 3.23. The molecule has 0 bridgehead atoms. The third kappa shape index (κ3) is 3.91. The quantitative estimate of drug-likeness (QED) is 0.719. The van der Waals surface area contributed by atoms with Crippen molar-refractivity contribution >= 4 is 0 Å². The molecule has 3 nitrogen and oxygen atoms in total. The lowest BCUT2D eigenvalue weighted by Gasteiger charge is -2.12. The molecular formula is C15H23NO2. The Bertz CT molecular complexity index is 375. The van der Waals surface area contributed by atoms with Crippen LogP contribution in [0.15, 0.2) is 18.2 Å². The molecule has 0 saturated heterocycles. The van der Waals surface area contributed by atoms with Gasteiger partial charge in [0.05, 0.1) is 13.7 Å². The van der Waals surface area contributed by atoms with Gasteiger partial charge in [-0.15, -0.1) is 0 Å². The van der Waals surface area contributed by atoms with E-state index >= 15 is 0 Å². The van der Waals surface area contributed by atoms with Crippen molar-refractivity contribution in [2.24, 2.45) is 0 Å². The molecule has 0 aliphatic heterocycles. The summed E-state index contributed by atoms with van der Waals surface area (Å²) in [4.78, 5) is 0. The first-order chi connectivity index (χ1) is 8.83. The molecule has 1 aromatic rings. The van der Waals surface area contributed by atoms with Crippen LogP contribution in [0.1, 0.15) is 31.7 Å². The molecule has 0 aromatic heterocycles. The fourth-order valence-electron chi connectivity index (χ4n) is 1.90. The highest BCUT2D eigenvalue weighted by Gasteiger charge is 2.19. The first kappa shape index (κ1) is 13.2.